The molecule has 0 aromatic heterocycles. The Balaban J connectivity index is 0.00000196. The summed E-state index contributed by atoms with van der Waals surface area (Å²) in [5.74, 6) is -0.176. The zero-order valence-electron chi connectivity index (χ0n) is 9.00. The minimum atomic E-state index is -0.373. The van der Waals surface area contributed by atoms with Crippen molar-refractivity contribution >= 4 is 24.2 Å². The molecule has 15 heavy (non-hydrogen) atoms. The van der Waals surface area contributed by atoms with Crippen molar-refractivity contribution in [3.05, 3.63) is 0 Å². The maximum absolute atomic E-state index is 11.3. The van der Waals surface area contributed by atoms with E-state index in [9.17, 15) is 9.59 Å². The SMILES string of the molecule is CC(C)NC(=O)CC1NCCNC1=O.Cl. The van der Waals surface area contributed by atoms with Crippen molar-refractivity contribution in [2.24, 2.45) is 0 Å². The molecule has 1 unspecified atom stereocenters. The summed E-state index contributed by atoms with van der Waals surface area (Å²) in [5.41, 5.74) is 0. The number of rotatable bonds is 3. The Bertz CT molecular complexity index is 233. The second-order valence-corrected chi connectivity index (χ2v) is 3.72. The van der Waals surface area contributed by atoms with Gasteiger partial charge in [0, 0.05) is 19.1 Å². The summed E-state index contributed by atoms with van der Waals surface area (Å²) in [6.45, 7) is 5.16. The highest BCUT2D eigenvalue weighted by atomic mass is 35.5. The largest absolute Gasteiger partial charge is 0.354 e. The molecule has 1 saturated heterocycles. The molecule has 1 heterocycles. The van der Waals surface area contributed by atoms with E-state index < -0.39 is 0 Å². The molecule has 1 fully saturated rings. The van der Waals surface area contributed by atoms with Gasteiger partial charge in [-0.05, 0) is 13.8 Å². The third-order valence-electron chi connectivity index (χ3n) is 1.97. The molecule has 88 valence electrons. The van der Waals surface area contributed by atoms with Gasteiger partial charge in [-0.2, -0.15) is 0 Å². The minimum Gasteiger partial charge on any atom is -0.354 e. The second-order valence-electron chi connectivity index (χ2n) is 3.72. The number of halogens is 1. The molecular formula is C9H18ClN3O2. The van der Waals surface area contributed by atoms with Gasteiger partial charge in [0.15, 0.2) is 0 Å². The fourth-order valence-corrected chi connectivity index (χ4v) is 1.38. The number of hydrogen-bond donors (Lipinski definition) is 3. The van der Waals surface area contributed by atoms with E-state index in [1.165, 1.54) is 0 Å². The number of hydrogen-bond acceptors (Lipinski definition) is 3. The van der Waals surface area contributed by atoms with Crippen LogP contribution in [0.1, 0.15) is 20.3 Å². The lowest BCUT2D eigenvalue weighted by Crippen LogP contribution is -2.54. The number of carbonyl (C=O) groups excluding carboxylic acids is 2. The van der Waals surface area contributed by atoms with Crippen LogP contribution in [0.25, 0.3) is 0 Å². The van der Waals surface area contributed by atoms with E-state index in [4.69, 9.17) is 0 Å². The van der Waals surface area contributed by atoms with E-state index in [2.05, 4.69) is 16.0 Å². The van der Waals surface area contributed by atoms with Crippen LogP contribution >= 0.6 is 12.4 Å². The third-order valence-corrected chi connectivity index (χ3v) is 1.97. The van der Waals surface area contributed by atoms with Crippen molar-refractivity contribution in [3.63, 3.8) is 0 Å². The van der Waals surface area contributed by atoms with E-state index in [0.29, 0.717) is 6.54 Å². The number of carbonyl (C=O) groups is 2. The van der Waals surface area contributed by atoms with Gasteiger partial charge in [0.05, 0.1) is 12.5 Å². The Morgan fingerprint density at radius 2 is 2.20 bits per heavy atom. The van der Waals surface area contributed by atoms with E-state index in [1.54, 1.807) is 0 Å². The predicted molar refractivity (Wildman–Crippen MR) is 59.9 cm³/mol. The highest BCUT2D eigenvalue weighted by Crippen LogP contribution is 1.96. The van der Waals surface area contributed by atoms with Gasteiger partial charge in [-0.25, -0.2) is 0 Å². The highest BCUT2D eigenvalue weighted by molar-refractivity contribution is 5.88. The summed E-state index contributed by atoms with van der Waals surface area (Å²) in [7, 11) is 0. The molecule has 6 heteroatoms. The van der Waals surface area contributed by atoms with Crippen molar-refractivity contribution < 1.29 is 9.59 Å². The van der Waals surface area contributed by atoms with Gasteiger partial charge in [-0.3, -0.25) is 9.59 Å². The molecule has 0 aromatic rings. The van der Waals surface area contributed by atoms with Crippen molar-refractivity contribution in [1.82, 2.24) is 16.0 Å². The maximum atomic E-state index is 11.3. The number of piperazine rings is 1. The molecular weight excluding hydrogens is 218 g/mol. The zero-order valence-corrected chi connectivity index (χ0v) is 9.82. The smallest absolute Gasteiger partial charge is 0.237 e. The van der Waals surface area contributed by atoms with E-state index in [1.807, 2.05) is 13.8 Å². The summed E-state index contributed by atoms with van der Waals surface area (Å²) in [6, 6.07) is -0.253. The molecule has 1 atom stereocenters. The Morgan fingerprint density at radius 3 is 2.73 bits per heavy atom. The first-order valence-corrected chi connectivity index (χ1v) is 4.90. The average molecular weight is 236 g/mol. The molecule has 0 spiro atoms. The first-order valence-electron chi connectivity index (χ1n) is 4.90. The number of nitrogens with one attached hydrogen (secondary N) is 3. The van der Waals surface area contributed by atoms with Crippen LogP contribution in [0.5, 0.6) is 0 Å². The molecule has 3 N–H and O–H groups in total. The average Bonchev–Trinajstić information content (AvgIpc) is 2.07. The first-order chi connectivity index (χ1) is 6.59. The van der Waals surface area contributed by atoms with Gasteiger partial charge in [-0.1, -0.05) is 0 Å². The lowest BCUT2D eigenvalue weighted by Gasteiger charge is -2.23. The fourth-order valence-electron chi connectivity index (χ4n) is 1.38. The van der Waals surface area contributed by atoms with Gasteiger partial charge < -0.3 is 16.0 Å². The van der Waals surface area contributed by atoms with Gasteiger partial charge >= 0.3 is 0 Å². The maximum Gasteiger partial charge on any atom is 0.237 e. The van der Waals surface area contributed by atoms with Crippen LogP contribution in [0, 0.1) is 0 Å². The van der Waals surface area contributed by atoms with Crippen LogP contribution in [-0.4, -0.2) is 37.0 Å². The molecule has 2 amide bonds. The van der Waals surface area contributed by atoms with Gasteiger partial charge in [0.1, 0.15) is 0 Å². The normalized spacial score (nSPS) is 20.5. The summed E-state index contributed by atoms with van der Waals surface area (Å²) < 4.78 is 0. The summed E-state index contributed by atoms with van der Waals surface area (Å²) in [4.78, 5) is 22.6. The molecule has 0 aromatic carbocycles. The van der Waals surface area contributed by atoms with Crippen LogP contribution in [-0.2, 0) is 9.59 Å². The molecule has 0 bridgehead atoms. The lowest BCUT2D eigenvalue weighted by atomic mass is 10.1. The summed E-state index contributed by atoms with van der Waals surface area (Å²) >= 11 is 0. The Hall–Kier alpha value is -0.810. The highest BCUT2D eigenvalue weighted by Gasteiger charge is 2.23. The van der Waals surface area contributed by atoms with E-state index in [-0.39, 0.29) is 42.7 Å². The minimum absolute atomic E-state index is 0. The molecule has 0 radical (unpaired) electrons. The van der Waals surface area contributed by atoms with Crippen molar-refractivity contribution in [3.8, 4) is 0 Å². The van der Waals surface area contributed by atoms with Crippen molar-refractivity contribution in [1.29, 1.82) is 0 Å². The second kappa shape index (κ2) is 6.63. The van der Waals surface area contributed by atoms with Gasteiger partial charge in [-0.15, -0.1) is 12.4 Å². The molecule has 5 nitrogen and oxygen atoms in total. The van der Waals surface area contributed by atoms with Crippen LogP contribution in [0.3, 0.4) is 0 Å². The molecule has 0 saturated carbocycles. The van der Waals surface area contributed by atoms with E-state index >= 15 is 0 Å². The molecule has 1 rings (SSSR count). The standard InChI is InChI=1S/C9H17N3O2.ClH/c1-6(2)12-8(13)5-7-9(14)11-4-3-10-7;/h6-7,10H,3-5H2,1-2H3,(H,11,14)(H,12,13);1H. The topological polar surface area (TPSA) is 70.2 Å². The Kier molecular flexibility index (Phi) is 6.27. The quantitative estimate of drug-likeness (QED) is 0.613. The fraction of sp³-hybridized carbons (Fsp3) is 0.778. The van der Waals surface area contributed by atoms with E-state index in [0.717, 1.165) is 6.54 Å². The van der Waals surface area contributed by atoms with Crippen molar-refractivity contribution in [2.75, 3.05) is 13.1 Å². The van der Waals surface area contributed by atoms with Gasteiger partial charge in [0.25, 0.3) is 0 Å². The molecule has 1 aliphatic rings. The molecule has 1 aliphatic heterocycles. The monoisotopic (exact) mass is 235 g/mol. The van der Waals surface area contributed by atoms with Crippen LogP contribution < -0.4 is 16.0 Å². The summed E-state index contributed by atoms with van der Waals surface area (Å²) in [6.07, 6.45) is 0.212. The van der Waals surface area contributed by atoms with Gasteiger partial charge in [0.2, 0.25) is 11.8 Å². The molecule has 0 aliphatic carbocycles. The van der Waals surface area contributed by atoms with Crippen LogP contribution in [0.2, 0.25) is 0 Å². The Labute approximate surface area is 95.8 Å². The van der Waals surface area contributed by atoms with Crippen LogP contribution in [0.15, 0.2) is 0 Å². The summed E-state index contributed by atoms with van der Waals surface area (Å²) in [5, 5.41) is 8.46. The number of amides is 2. The lowest BCUT2D eigenvalue weighted by molar-refractivity contribution is -0.129. The van der Waals surface area contributed by atoms with Crippen LogP contribution in [0.4, 0.5) is 0 Å². The zero-order chi connectivity index (χ0) is 10.6. The predicted octanol–water partition coefficient (Wildman–Crippen LogP) is -0.589. The van der Waals surface area contributed by atoms with Crippen molar-refractivity contribution in [2.45, 2.75) is 32.4 Å². The first kappa shape index (κ1) is 14.2. The Morgan fingerprint density at radius 1 is 1.53 bits per heavy atom. The third kappa shape index (κ3) is 4.99.